The van der Waals surface area contributed by atoms with Gasteiger partial charge in [0.25, 0.3) is 5.91 Å². The lowest BCUT2D eigenvalue weighted by atomic mass is 10.1. The smallest absolute Gasteiger partial charge is 0.252 e. The zero-order chi connectivity index (χ0) is 13.4. The van der Waals surface area contributed by atoms with E-state index >= 15 is 0 Å². The molecule has 0 aromatic carbocycles. The molecule has 2 N–H and O–H groups in total. The van der Waals surface area contributed by atoms with Gasteiger partial charge >= 0.3 is 0 Å². The fourth-order valence-electron chi connectivity index (χ4n) is 2.15. The van der Waals surface area contributed by atoms with Gasteiger partial charge in [-0.3, -0.25) is 9.78 Å². The molecule has 5 nitrogen and oxygen atoms in total. The molecular weight excluding hydrogens is 228 g/mol. The van der Waals surface area contributed by atoms with Gasteiger partial charge in [0.05, 0.1) is 22.6 Å². The lowest BCUT2D eigenvalue weighted by molar-refractivity contribution is 0.0999. The maximum atomic E-state index is 11.6. The van der Waals surface area contributed by atoms with Crippen molar-refractivity contribution in [3.8, 4) is 5.69 Å². The first-order valence-corrected chi connectivity index (χ1v) is 5.72. The molecule has 2 heterocycles. The average Bonchev–Trinajstić information content (AvgIpc) is 2.55. The van der Waals surface area contributed by atoms with Gasteiger partial charge in [0.1, 0.15) is 0 Å². The Balaban J connectivity index is 2.77. The summed E-state index contributed by atoms with van der Waals surface area (Å²) in [5, 5.41) is 4.39. The Morgan fingerprint density at radius 3 is 2.33 bits per heavy atom. The Hall–Kier alpha value is -2.17. The van der Waals surface area contributed by atoms with Gasteiger partial charge in [0.15, 0.2) is 0 Å². The maximum absolute atomic E-state index is 11.6. The van der Waals surface area contributed by atoms with Crippen molar-refractivity contribution in [2.75, 3.05) is 0 Å². The van der Waals surface area contributed by atoms with E-state index in [2.05, 4.69) is 10.1 Å². The van der Waals surface area contributed by atoms with E-state index in [0.29, 0.717) is 16.9 Å². The summed E-state index contributed by atoms with van der Waals surface area (Å²) in [6.45, 7) is 7.51. The number of rotatable bonds is 2. The highest BCUT2D eigenvalue weighted by atomic mass is 16.1. The van der Waals surface area contributed by atoms with E-state index in [1.165, 1.54) is 0 Å². The second-order valence-corrected chi connectivity index (χ2v) is 4.45. The Morgan fingerprint density at radius 1 is 1.17 bits per heavy atom. The van der Waals surface area contributed by atoms with Crippen molar-refractivity contribution in [3.63, 3.8) is 0 Å². The van der Waals surface area contributed by atoms with Crippen LogP contribution in [0, 0.1) is 27.7 Å². The molecule has 2 aromatic heterocycles. The van der Waals surface area contributed by atoms with E-state index in [0.717, 1.165) is 17.1 Å². The number of nitrogens with two attached hydrogens (primary N) is 1. The van der Waals surface area contributed by atoms with E-state index in [4.69, 9.17) is 5.73 Å². The first-order valence-electron chi connectivity index (χ1n) is 5.72. The summed E-state index contributed by atoms with van der Waals surface area (Å²) in [4.78, 5) is 15.9. The molecule has 0 saturated heterocycles. The molecular formula is C13H16N4O. The molecule has 0 unspecified atom stereocenters. The van der Waals surface area contributed by atoms with Crippen molar-refractivity contribution < 1.29 is 4.79 Å². The molecule has 0 radical (unpaired) electrons. The highest BCUT2D eigenvalue weighted by Gasteiger charge is 2.17. The Morgan fingerprint density at radius 2 is 1.83 bits per heavy atom. The highest BCUT2D eigenvalue weighted by molar-refractivity contribution is 5.97. The minimum atomic E-state index is -0.484. The number of hydrogen-bond donors (Lipinski definition) is 1. The van der Waals surface area contributed by atoms with Crippen LogP contribution in [-0.2, 0) is 0 Å². The van der Waals surface area contributed by atoms with Crippen LogP contribution in [0.15, 0.2) is 12.1 Å². The normalized spacial score (nSPS) is 10.7. The summed E-state index contributed by atoms with van der Waals surface area (Å²) < 4.78 is 1.73. The van der Waals surface area contributed by atoms with Gasteiger partial charge in [0, 0.05) is 11.4 Å². The maximum Gasteiger partial charge on any atom is 0.252 e. The Labute approximate surface area is 106 Å². The molecule has 0 spiro atoms. The topological polar surface area (TPSA) is 73.8 Å². The lowest BCUT2D eigenvalue weighted by Gasteiger charge is -2.12. The number of pyridine rings is 1. The van der Waals surface area contributed by atoms with Crippen molar-refractivity contribution in [3.05, 3.63) is 40.5 Å². The quantitative estimate of drug-likeness (QED) is 0.872. The molecule has 0 fully saturated rings. The SMILES string of the molecule is Cc1cc(-n2nc(C)cc2C)c(C(N)=O)c(C)n1. The van der Waals surface area contributed by atoms with E-state index in [1.54, 1.807) is 11.6 Å². The predicted octanol–water partition coefficient (Wildman–Crippen LogP) is 1.60. The minimum absolute atomic E-state index is 0.423. The number of aromatic nitrogens is 3. The molecule has 0 aliphatic rings. The number of carbonyl (C=O) groups is 1. The van der Waals surface area contributed by atoms with Crippen LogP contribution in [0.3, 0.4) is 0 Å². The van der Waals surface area contributed by atoms with Crippen molar-refractivity contribution >= 4 is 5.91 Å². The summed E-state index contributed by atoms with van der Waals surface area (Å²) in [6.07, 6.45) is 0. The first kappa shape index (κ1) is 12.3. The summed E-state index contributed by atoms with van der Waals surface area (Å²) in [5.41, 5.74) is 9.87. The molecule has 0 bridgehead atoms. The van der Waals surface area contributed by atoms with Crippen molar-refractivity contribution in [1.82, 2.24) is 14.8 Å². The standard InChI is InChI=1S/C13H16N4O/c1-7-6-11(12(13(14)18)10(4)15-7)17-9(3)5-8(2)16-17/h5-6H,1-4H3,(H2,14,18). The largest absolute Gasteiger partial charge is 0.365 e. The zero-order valence-corrected chi connectivity index (χ0v) is 11.0. The van der Waals surface area contributed by atoms with Crippen LogP contribution >= 0.6 is 0 Å². The van der Waals surface area contributed by atoms with E-state index < -0.39 is 5.91 Å². The van der Waals surface area contributed by atoms with E-state index in [1.807, 2.05) is 32.9 Å². The van der Waals surface area contributed by atoms with Gasteiger partial charge < -0.3 is 5.73 Å². The first-order chi connectivity index (χ1) is 8.40. The van der Waals surface area contributed by atoms with Crippen LogP contribution in [0.5, 0.6) is 0 Å². The number of amides is 1. The molecule has 0 aliphatic carbocycles. The van der Waals surface area contributed by atoms with Crippen LogP contribution in [0.25, 0.3) is 5.69 Å². The number of aryl methyl sites for hydroxylation is 4. The third-order valence-corrected chi connectivity index (χ3v) is 2.79. The molecule has 2 rings (SSSR count). The summed E-state index contributed by atoms with van der Waals surface area (Å²) >= 11 is 0. The molecule has 5 heteroatoms. The van der Waals surface area contributed by atoms with Crippen LogP contribution in [0.4, 0.5) is 0 Å². The lowest BCUT2D eigenvalue weighted by Crippen LogP contribution is -2.18. The highest BCUT2D eigenvalue weighted by Crippen LogP contribution is 2.20. The predicted molar refractivity (Wildman–Crippen MR) is 68.8 cm³/mol. The third kappa shape index (κ3) is 1.99. The molecule has 1 amide bonds. The number of carbonyl (C=O) groups excluding carboxylic acids is 1. The summed E-state index contributed by atoms with van der Waals surface area (Å²) in [7, 11) is 0. The van der Waals surface area contributed by atoms with Crippen molar-refractivity contribution in [2.45, 2.75) is 27.7 Å². The zero-order valence-electron chi connectivity index (χ0n) is 11.0. The molecule has 0 atom stereocenters. The van der Waals surface area contributed by atoms with Crippen LogP contribution in [0.2, 0.25) is 0 Å². The minimum Gasteiger partial charge on any atom is -0.365 e. The van der Waals surface area contributed by atoms with Gasteiger partial charge in [-0.15, -0.1) is 0 Å². The molecule has 94 valence electrons. The van der Waals surface area contributed by atoms with Gasteiger partial charge in [-0.1, -0.05) is 0 Å². The fraction of sp³-hybridized carbons (Fsp3) is 0.308. The molecule has 0 saturated carbocycles. The van der Waals surface area contributed by atoms with Gasteiger partial charge in [0.2, 0.25) is 0 Å². The molecule has 18 heavy (non-hydrogen) atoms. The van der Waals surface area contributed by atoms with Gasteiger partial charge in [-0.05, 0) is 39.8 Å². The van der Waals surface area contributed by atoms with Crippen LogP contribution < -0.4 is 5.73 Å². The second kappa shape index (κ2) is 4.25. The molecule has 0 aliphatic heterocycles. The van der Waals surface area contributed by atoms with Crippen molar-refractivity contribution in [1.29, 1.82) is 0 Å². The third-order valence-electron chi connectivity index (χ3n) is 2.79. The summed E-state index contributed by atoms with van der Waals surface area (Å²) in [6, 6.07) is 3.78. The monoisotopic (exact) mass is 244 g/mol. The van der Waals surface area contributed by atoms with E-state index in [-0.39, 0.29) is 0 Å². The van der Waals surface area contributed by atoms with Crippen LogP contribution in [-0.4, -0.2) is 20.7 Å². The number of primary amides is 1. The van der Waals surface area contributed by atoms with E-state index in [9.17, 15) is 4.79 Å². The van der Waals surface area contributed by atoms with Crippen LogP contribution in [0.1, 0.15) is 33.1 Å². The number of hydrogen-bond acceptors (Lipinski definition) is 3. The van der Waals surface area contributed by atoms with Crippen molar-refractivity contribution in [2.24, 2.45) is 5.73 Å². The fourth-order valence-corrected chi connectivity index (χ4v) is 2.15. The summed E-state index contributed by atoms with van der Waals surface area (Å²) in [5.74, 6) is -0.484. The average molecular weight is 244 g/mol. The van der Waals surface area contributed by atoms with Gasteiger partial charge in [-0.2, -0.15) is 5.10 Å². The Kier molecular flexibility index (Phi) is 2.90. The molecule has 2 aromatic rings. The Bertz CT molecular complexity index is 628. The van der Waals surface area contributed by atoms with Gasteiger partial charge in [-0.25, -0.2) is 4.68 Å². The second-order valence-electron chi connectivity index (χ2n) is 4.45. The number of nitrogens with zero attached hydrogens (tertiary/aromatic N) is 3.